The van der Waals surface area contributed by atoms with Crippen LogP contribution in [0, 0.1) is 5.41 Å². The van der Waals surface area contributed by atoms with Crippen LogP contribution in [-0.2, 0) is 20.9 Å². The Labute approximate surface area is 108 Å². The summed E-state index contributed by atoms with van der Waals surface area (Å²) in [6, 6.07) is 10.0. The van der Waals surface area contributed by atoms with Gasteiger partial charge in [0.25, 0.3) is 0 Å². The third-order valence-electron chi connectivity index (χ3n) is 3.51. The molecule has 0 radical (unpaired) electrons. The van der Waals surface area contributed by atoms with Gasteiger partial charge in [0, 0.05) is 0 Å². The summed E-state index contributed by atoms with van der Waals surface area (Å²) < 4.78 is 10.8. The lowest BCUT2D eigenvalue weighted by molar-refractivity contribution is -0.167. The molecule has 0 heterocycles. The van der Waals surface area contributed by atoms with Crippen molar-refractivity contribution in [3.63, 3.8) is 0 Å². The molecule has 0 amide bonds. The molecule has 1 aliphatic rings. The second-order valence-corrected chi connectivity index (χ2v) is 4.83. The van der Waals surface area contributed by atoms with Gasteiger partial charge < -0.3 is 9.47 Å². The minimum Gasteiger partial charge on any atom is -0.465 e. The first-order valence-corrected chi connectivity index (χ1v) is 6.56. The van der Waals surface area contributed by atoms with Gasteiger partial charge >= 0.3 is 5.97 Å². The van der Waals surface area contributed by atoms with Crippen LogP contribution in [0.4, 0.5) is 0 Å². The summed E-state index contributed by atoms with van der Waals surface area (Å²) in [5.41, 5.74) is 0.765. The molecule has 3 nitrogen and oxygen atoms in total. The Hall–Kier alpha value is -1.35. The maximum Gasteiger partial charge on any atom is 0.314 e. The lowest BCUT2D eigenvalue weighted by Gasteiger charge is -2.38. The van der Waals surface area contributed by atoms with Gasteiger partial charge in [-0.2, -0.15) is 0 Å². The van der Waals surface area contributed by atoms with Crippen LogP contribution in [-0.4, -0.2) is 19.2 Å². The Balaban J connectivity index is 1.82. The van der Waals surface area contributed by atoms with Crippen LogP contribution in [0.3, 0.4) is 0 Å². The van der Waals surface area contributed by atoms with Crippen molar-refractivity contribution in [3.8, 4) is 0 Å². The first-order chi connectivity index (χ1) is 8.77. The van der Waals surface area contributed by atoms with E-state index in [9.17, 15) is 4.79 Å². The molecular weight excluding hydrogens is 228 g/mol. The maximum absolute atomic E-state index is 11.9. The molecule has 0 spiro atoms. The third-order valence-corrected chi connectivity index (χ3v) is 3.51. The fourth-order valence-corrected chi connectivity index (χ4v) is 2.23. The van der Waals surface area contributed by atoms with Gasteiger partial charge in [-0.1, -0.05) is 36.8 Å². The van der Waals surface area contributed by atoms with Crippen LogP contribution in [0.2, 0.25) is 0 Å². The SMILES string of the molecule is CCOC(=O)C1(COCc2ccccc2)CCC1. The summed E-state index contributed by atoms with van der Waals surface area (Å²) in [6.07, 6.45) is 2.87. The molecule has 3 heteroatoms. The van der Waals surface area contributed by atoms with E-state index in [1.165, 1.54) is 0 Å². The van der Waals surface area contributed by atoms with Gasteiger partial charge in [0.15, 0.2) is 0 Å². The number of carbonyl (C=O) groups excluding carboxylic acids is 1. The molecule has 0 N–H and O–H groups in total. The highest BCUT2D eigenvalue weighted by Crippen LogP contribution is 2.42. The van der Waals surface area contributed by atoms with E-state index in [1.807, 2.05) is 37.3 Å². The highest BCUT2D eigenvalue weighted by molar-refractivity contribution is 5.78. The first-order valence-electron chi connectivity index (χ1n) is 6.56. The van der Waals surface area contributed by atoms with Crippen LogP contribution in [0.5, 0.6) is 0 Å². The van der Waals surface area contributed by atoms with Crippen LogP contribution >= 0.6 is 0 Å². The van der Waals surface area contributed by atoms with Crippen molar-refractivity contribution in [2.75, 3.05) is 13.2 Å². The Kier molecular flexibility index (Phi) is 4.37. The monoisotopic (exact) mass is 248 g/mol. The van der Waals surface area contributed by atoms with E-state index in [0.29, 0.717) is 19.8 Å². The zero-order valence-corrected chi connectivity index (χ0v) is 10.9. The van der Waals surface area contributed by atoms with Crippen molar-refractivity contribution in [2.45, 2.75) is 32.8 Å². The van der Waals surface area contributed by atoms with Crippen LogP contribution in [0.1, 0.15) is 31.7 Å². The molecule has 98 valence electrons. The van der Waals surface area contributed by atoms with E-state index in [-0.39, 0.29) is 11.4 Å². The summed E-state index contributed by atoms with van der Waals surface area (Å²) in [5.74, 6) is -0.0932. The smallest absolute Gasteiger partial charge is 0.314 e. The second kappa shape index (κ2) is 6.01. The average molecular weight is 248 g/mol. The number of esters is 1. The van der Waals surface area contributed by atoms with E-state index < -0.39 is 0 Å². The Bertz CT molecular complexity index is 382. The molecule has 1 fully saturated rings. The van der Waals surface area contributed by atoms with Crippen LogP contribution in [0.25, 0.3) is 0 Å². The minimum atomic E-state index is -0.370. The van der Waals surface area contributed by atoms with E-state index in [2.05, 4.69) is 0 Å². The minimum absolute atomic E-state index is 0.0932. The number of ether oxygens (including phenoxy) is 2. The van der Waals surface area contributed by atoms with Crippen molar-refractivity contribution >= 4 is 5.97 Å². The normalized spacial score (nSPS) is 16.9. The summed E-state index contributed by atoms with van der Waals surface area (Å²) in [6.45, 7) is 3.32. The van der Waals surface area contributed by atoms with Gasteiger partial charge in [-0.05, 0) is 25.3 Å². The van der Waals surface area contributed by atoms with E-state index in [1.54, 1.807) is 0 Å². The standard InChI is InChI=1S/C15H20O3/c1-2-18-14(16)15(9-6-10-15)12-17-11-13-7-4-3-5-8-13/h3-5,7-8H,2,6,9-12H2,1H3. The van der Waals surface area contributed by atoms with Crippen LogP contribution < -0.4 is 0 Å². The molecule has 2 rings (SSSR count). The molecule has 0 aliphatic heterocycles. The van der Waals surface area contributed by atoms with Crippen molar-refractivity contribution in [2.24, 2.45) is 5.41 Å². The molecule has 0 aromatic heterocycles. The summed E-state index contributed by atoms with van der Waals surface area (Å²) in [5, 5.41) is 0. The fraction of sp³-hybridized carbons (Fsp3) is 0.533. The third kappa shape index (κ3) is 2.91. The topological polar surface area (TPSA) is 35.5 Å². The predicted molar refractivity (Wildman–Crippen MR) is 69.0 cm³/mol. The quantitative estimate of drug-likeness (QED) is 0.726. The molecule has 0 unspecified atom stereocenters. The zero-order chi connectivity index (χ0) is 12.8. The molecular formula is C15H20O3. The predicted octanol–water partition coefficient (Wildman–Crippen LogP) is 2.94. The molecule has 0 saturated heterocycles. The van der Waals surface area contributed by atoms with Crippen molar-refractivity contribution < 1.29 is 14.3 Å². The van der Waals surface area contributed by atoms with Gasteiger partial charge in [0.2, 0.25) is 0 Å². The molecule has 1 saturated carbocycles. The molecule has 0 atom stereocenters. The van der Waals surface area contributed by atoms with Gasteiger partial charge in [-0.25, -0.2) is 0 Å². The van der Waals surface area contributed by atoms with Crippen molar-refractivity contribution in [3.05, 3.63) is 35.9 Å². The Morgan fingerprint density at radius 3 is 2.56 bits per heavy atom. The number of carbonyl (C=O) groups is 1. The zero-order valence-electron chi connectivity index (χ0n) is 10.9. The lowest BCUT2D eigenvalue weighted by atomic mass is 9.69. The fourth-order valence-electron chi connectivity index (χ4n) is 2.23. The average Bonchev–Trinajstić information content (AvgIpc) is 2.34. The van der Waals surface area contributed by atoms with E-state index in [4.69, 9.17) is 9.47 Å². The highest BCUT2D eigenvalue weighted by atomic mass is 16.5. The first kappa shape index (κ1) is 13.1. The molecule has 1 aromatic carbocycles. The highest BCUT2D eigenvalue weighted by Gasteiger charge is 2.45. The van der Waals surface area contributed by atoms with E-state index in [0.717, 1.165) is 24.8 Å². The lowest BCUT2D eigenvalue weighted by Crippen LogP contribution is -2.43. The number of benzene rings is 1. The van der Waals surface area contributed by atoms with Gasteiger partial charge in [0.1, 0.15) is 0 Å². The van der Waals surface area contributed by atoms with Gasteiger partial charge in [-0.15, -0.1) is 0 Å². The Morgan fingerprint density at radius 2 is 2.00 bits per heavy atom. The molecule has 1 aliphatic carbocycles. The number of hydrogen-bond acceptors (Lipinski definition) is 3. The Morgan fingerprint density at radius 1 is 1.28 bits per heavy atom. The van der Waals surface area contributed by atoms with Crippen molar-refractivity contribution in [1.29, 1.82) is 0 Å². The van der Waals surface area contributed by atoms with Crippen molar-refractivity contribution in [1.82, 2.24) is 0 Å². The maximum atomic E-state index is 11.9. The number of hydrogen-bond donors (Lipinski definition) is 0. The summed E-state index contributed by atoms with van der Waals surface area (Å²) in [7, 11) is 0. The number of rotatable bonds is 6. The molecule has 0 bridgehead atoms. The summed E-state index contributed by atoms with van der Waals surface area (Å²) >= 11 is 0. The molecule has 18 heavy (non-hydrogen) atoms. The van der Waals surface area contributed by atoms with Crippen LogP contribution in [0.15, 0.2) is 30.3 Å². The van der Waals surface area contributed by atoms with Gasteiger partial charge in [-0.3, -0.25) is 4.79 Å². The van der Waals surface area contributed by atoms with Gasteiger partial charge in [0.05, 0.1) is 25.2 Å². The second-order valence-electron chi connectivity index (χ2n) is 4.83. The largest absolute Gasteiger partial charge is 0.465 e. The summed E-state index contributed by atoms with van der Waals surface area (Å²) in [4.78, 5) is 11.9. The molecule has 1 aromatic rings. The van der Waals surface area contributed by atoms with E-state index >= 15 is 0 Å².